The molecule has 0 saturated heterocycles. The van der Waals surface area contributed by atoms with E-state index in [0.717, 1.165) is 25.1 Å². The summed E-state index contributed by atoms with van der Waals surface area (Å²) in [5.41, 5.74) is 0.968. The molecule has 0 saturated carbocycles. The van der Waals surface area contributed by atoms with Crippen molar-refractivity contribution in [1.82, 2.24) is 10.3 Å². The van der Waals surface area contributed by atoms with Crippen LogP contribution < -0.4 is 10.1 Å². The Kier molecular flexibility index (Phi) is 5.82. The van der Waals surface area contributed by atoms with Crippen LogP contribution in [-0.2, 0) is 6.54 Å². The molecule has 1 aromatic heterocycles. The molecule has 0 bridgehead atoms. The molecule has 1 rings (SSSR count). The maximum atomic E-state index is 8.71. The predicted octanol–water partition coefficient (Wildman–Crippen LogP) is 1.34. The minimum atomic E-state index is 0.253. The Bertz CT molecular complexity index is 305. The molecule has 1 heterocycles. The number of hydrogen-bond acceptors (Lipinski definition) is 4. The zero-order valence-corrected chi connectivity index (χ0v) is 9.94. The lowest BCUT2D eigenvalue weighted by molar-refractivity contribution is 0.276. The maximum absolute atomic E-state index is 8.71. The Balaban J connectivity index is 2.35. The van der Waals surface area contributed by atoms with Crippen molar-refractivity contribution in [2.24, 2.45) is 0 Å². The average Bonchev–Trinajstić information content (AvgIpc) is 2.34. The Hall–Kier alpha value is -1.13. The van der Waals surface area contributed by atoms with Crippen LogP contribution in [0.2, 0.25) is 0 Å². The molecular formula is C12H20N2O2. The number of nitrogens with one attached hydrogen (secondary N) is 1. The van der Waals surface area contributed by atoms with Gasteiger partial charge >= 0.3 is 0 Å². The second kappa shape index (κ2) is 7.19. The van der Waals surface area contributed by atoms with Crippen LogP contribution in [0.3, 0.4) is 0 Å². The van der Waals surface area contributed by atoms with Gasteiger partial charge in [0, 0.05) is 25.3 Å². The molecule has 0 aliphatic rings. The molecule has 0 fully saturated rings. The normalized spacial score (nSPS) is 12.4. The Morgan fingerprint density at radius 3 is 3.00 bits per heavy atom. The first-order valence-electron chi connectivity index (χ1n) is 5.60. The zero-order chi connectivity index (χ0) is 11.8. The van der Waals surface area contributed by atoms with Crippen LogP contribution >= 0.6 is 0 Å². The first-order chi connectivity index (χ1) is 7.76. The van der Waals surface area contributed by atoms with Gasteiger partial charge < -0.3 is 15.2 Å². The fourth-order valence-corrected chi connectivity index (χ4v) is 1.45. The third-order valence-corrected chi connectivity index (χ3v) is 2.42. The topological polar surface area (TPSA) is 54.4 Å². The van der Waals surface area contributed by atoms with Crippen LogP contribution in [0.4, 0.5) is 0 Å². The van der Waals surface area contributed by atoms with Gasteiger partial charge in [-0.3, -0.25) is 0 Å². The van der Waals surface area contributed by atoms with Crippen molar-refractivity contribution in [2.75, 3.05) is 13.7 Å². The molecule has 0 aromatic carbocycles. The summed E-state index contributed by atoms with van der Waals surface area (Å²) < 4.78 is 5.05. The van der Waals surface area contributed by atoms with Gasteiger partial charge in [0.2, 0.25) is 5.88 Å². The summed E-state index contributed by atoms with van der Waals surface area (Å²) in [5, 5.41) is 12.1. The minimum absolute atomic E-state index is 0.253. The summed E-state index contributed by atoms with van der Waals surface area (Å²) in [5.74, 6) is 0.641. The van der Waals surface area contributed by atoms with E-state index in [0.29, 0.717) is 11.9 Å². The molecule has 1 unspecified atom stereocenters. The van der Waals surface area contributed by atoms with Gasteiger partial charge in [-0.1, -0.05) is 6.07 Å². The monoisotopic (exact) mass is 224 g/mol. The highest BCUT2D eigenvalue weighted by Gasteiger charge is 2.02. The van der Waals surface area contributed by atoms with Gasteiger partial charge in [0.25, 0.3) is 0 Å². The van der Waals surface area contributed by atoms with Crippen LogP contribution in [0, 0.1) is 0 Å². The standard InChI is InChI=1S/C12H20N2O2/c1-10(5-4-8-15)13-9-11-6-3-7-12(14-11)16-2/h3,6-7,10,13,15H,4-5,8-9H2,1-2H3. The number of aromatic nitrogens is 1. The van der Waals surface area contributed by atoms with Crippen molar-refractivity contribution in [1.29, 1.82) is 0 Å². The summed E-state index contributed by atoms with van der Waals surface area (Å²) in [7, 11) is 1.61. The third-order valence-electron chi connectivity index (χ3n) is 2.42. The number of ether oxygens (including phenoxy) is 1. The van der Waals surface area contributed by atoms with Crippen LogP contribution in [-0.4, -0.2) is 29.8 Å². The minimum Gasteiger partial charge on any atom is -0.481 e. The highest BCUT2D eigenvalue weighted by molar-refractivity contribution is 5.15. The Morgan fingerprint density at radius 1 is 1.50 bits per heavy atom. The number of nitrogens with zero attached hydrogens (tertiary/aromatic N) is 1. The number of pyridine rings is 1. The van der Waals surface area contributed by atoms with Crippen molar-refractivity contribution in [2.45, 2.75) is 32.4 Å². The molecule has 90 valence electrons. The fraction of sp³-hybridized carbons (Fsp3) is 0.583. The van der Waals surface area contributed by atoms with E-state index in [1.54, 1.807) is 7.11 Å². The lowest BCUT2D eigenvalue weighted by Gasteiger charge is -2.12. The second-order valence-corrected chi connectivity index (χ2v) is 3.82. The van der Waals surface area contributed by atoms with Gasteiger partial charge in [0.15, 0.2) is 0 Å². The Morgan fingerprint density at radius 2 is 2.31 bits per heavy atom. The molecule has 16 heavy (non-hydrogen) atoms. The van der Waals surface area contributed by atoms with E-state index in [-0.39, 0.29) is 6.61 Å². The quantitative estimate of drug-likeness (QED) is 0.734. The van der Waals surface area contributed by atoms with Crippen LogP contribution in [0.5, 0.6) is 5.88 Å². The smallest absolute Gasteiger partial charge is 0.213 e. The van der Waals surface area contributed by atoms with Crippen molar-refractivity contribution >= 4 is 0 Å². The third kappa shape index (κ3) is 4.59. The summed E-state index contributed by atoms with van der Waals surface area (Å²) in [6.07, 6.45) is 1.81. The zero-order valence-electron chi connectivity index (χ0n) is 9.94. The van der Waals surface area contributed by atoms with E-state index in [9.17, 15) is 0 Å². The van der Waals surface area contributed by atoms with E-state index < -0.39 is 0 Å². The van der Waals surface area contributed by atoms with Crippen molar-refractivity contribution in [3.8, 4) is 5.88 Å². The van der Waals surface area contributed by atoms with Gasteiger partial charge in [0.1, 0.15) is 0 Å². The van der Waals surface area contributed by atoms with E-state index in [2.05, 4.69) is 17.2 Å². The lowest BCUT2D eigenvalue weighted by atomic mass is 10.2. The van der Waals surface area contributed by atoms with Crippen LogP contribution in [0.15, 0.2) is 18.2 Å². The van der Waals surface area contributed by atoms with Gasteiger partial charge in [-0.15, -0.1) is 0 Å². The first kappa shape index (κ1) is 12.9. The molecule has 4 nitrogen and oxygen atoms in total. The number of aliphatic hydroxyl groups is 1. The predicted molar refractivity (Wildman–Crippen MR) is 63.4 cm³/mol. The lowest BCUT2D eigenvalue weighted by Crippen LogP contribution is -2.26. The van der Waals surface area contributed by atoms with Crippen molar-refractivity contribution in [3.05, 3.63) is 23.9 Å². The summed E-state index contributed by atoms with van der Waals surface area (Å²) in [4.78, 5) is 4.31. The molecule has 2 N–H and O–H groups in total. The van der Waals surface area contributed by atoms with Gasteiger partial charge in [-0.05, 0) is 25.8 Å². The SMILES string of the molecule is COc1cccc(CNC(C)CCCO)n1. The fourth-order valence-electron chi connectivity index (χ4n) is 1.45. The van der Waals surface area contributed by atoms with Gasteiger partial charge in [0.05, 0.1) is 12.8 Å². The first-order valence-corrected chi connectivity index (χ1v) is 5.60. The molecular weight excluding hydrogens is 204 g/mol. The van der Waals surface area contributed by atoms with Crippen molar-refractivity contribution < 1.29 is 9.84 Å². The number of aliphatic hydroxyl groups excluding tert-OH is 1. The molecule has 0 aliphatic heterocycles. The Labute approximate surface area is 96.7 Å². The van der Waals surface area contributed by atoms with E-state index in [1.807, 2.05) is 18.2 Å². The summed E-state index contributed by atoms with van der Waals surface area (Å²) in [6, 6.07) is 6.12. The van der Waals surface area contributed by atoms with Crippen molar-refractivity contribution in [3.63, 3.8) is 0 Å². The van der Waals surface area contributed by atoms with Crippen LogP contribution in [0.25, 0.3) is 0 Å². The molecule has 0 radical (unpaired) electrons. The summed E-state index contributed by atoms with van der Waals surface area (Å²) in [6.45, 7) is 3.09. The summed E-state index contributed by atoms with van der Waals surface area (Å²) >= 11 is 0. The van der Waals surface area contributed by atoms with E-state index in [4.69, 9.17) is 9.84 Å². The molecule has 0 amide bonds. The van der Waals surface area contributed by atoms with Gasteiger partial charge in [-0.25, -0.2) is 4.98 Å². The maximum Gasteiger partial charge on any atom is 0.213 e. The molecule has 0 aliphatic carbocycles. The highest BCUT2D eigenvalue weighted by atomic mass is 16.5. The molecule has 1 aromatic rings. The van der Waals surface area contributed by atoms with E-state index >= 15 is 0 Å². The van der Waals surface area contributed by atoms with Crippen LogP contribution in [0.1, 0.15) is 25.5 Å². The molecule has 0 spiro atoms. The number of rotatable bonds is 7. The van der Waals surface area contributed by atoms with Gasteiger partial charge in [-0.2, -0.15) is 0 Å². The second-order valence-electron chi connectivity index (χ2n) is 3.82. The number of methoxy groups -OCH3 is 1. The number of hydrogen-bond donors (Lipinski definition) is 2. The van der Waals surface area contributed by atoms with E-state index in [1.165, 1.54) is 0 Å². The highest BCUT2D eigenvalue weighted by Crippen LogP contribution is 2.06. The largest absolute Gasteiger partial charge is 0.481 e. The molecule has 1 atom stereocenters. The average molecular weight is 224 g/mol. The molecule has 4 heteroatoms.